The average molecular weight is 328 g/mol. The van der Waals surface area contributed by atoms with Gasteiger partial charge in [0.25, 0.3) is 0 Å². The van der Waals surface area contributed by atoms with Crippen molar-refractivity contribution in [1.82, 2.24) is 4.90 Å². The van der Waals surface area contributed by atoms with Crippen LogP contribution in [-0.2, 0) is 16.1 Å². The Balaban J connectivity index is 1.86. The standard InChI is InChI=1S/C19H24N2O3/c1-23-17-8-7-13-5-3-4-6-15(13)16(17)11-21-10-14(9-19(20)22)18(12-21)24-2/h3-8,14,18H,9-12H2,1-2H3,(H2,20,22)/t14-,18-/m0/s1. The van der Waals surface area contributed by atoms with Gasteiger partial charge in [-0.05, 0) is 16.8 Å². The predicted molar refractivity (Wildman–Crippen MR) is 93.9 cm³/mol. The molecule has 0 bridgehead atoms. The molecule has 2 aromatic rings. The molecular weight excluding hydrogens is 304 g/mol. The van der Waals surface area contributed by atoms with Crippen LogP contribution in [0, 0.1) is 5.92 Å². The van der Waals surface area contributed by atoms with Crippen LogP contribution in [0.1, 0.15) is 12.0 Å². The molecule has 0 aliphatic carbocycles. The summed E-state index contributed by atoms with van der Waals surface area (Å²) in [4.78, 5) is 13.6. The molecule has 1 aliphatic rings. The SMILES string of the molecule is COc1ccc2ccccc2c1CN1C[C@H](CC(N)=O)[C@@H](OC)C1. The summed E-state index contributed by atoms with van der Waals surface area (Å²) >= 11 is 0. The Morgan fingerprint density at radius 1 is 1.21 bits per heavy atom. The number of carbonyl (C=O) groups is 1. The molecule has 3 rings (SSSR count). The summed E-state index contributed by atoms with van der Waals surface area (Å²) < 4.78 is 11.1. The summed E-state index contributed by atoms with van der Waals surface area (Å²) in [5.41, 5.74) is 6.55. The van der Waals surface area contributed by atoms with E-state index in [-0.39, 0.29) is 17.9 Å². The van der Waals surface area contributed by atoms with Crippen LogP contribution in [0.25, 0.3) is 10.8 Å². The molecular formula is C19H24N2O3. The van der Waals surface area contributed by atoms with E-state index in [1.165, 1.54) is 16.3 Å². The van der Waals surface area contributed by atoms with Crippen molar-refractivity contribution in [3.63, 3.8) is 0 Å². The molecule has 1 heterocycles. The second-order valence-electron chi connectivity index (χ2n) is 6.37. The fraction of sp³-hybridized carbons (Fsp3) is 0.421. The number of hydrogen-bond donors (Lipinski definition) is 1. The smallest absolute Gasteiger partial charge is 0.217 e. The van der Waals surface area contributed by atoms with Crippen LogP contribution in [-0.4, -0.2) is 44.2 Å². The van der Waals surface area contributed by atoms with Crippen molar-refractivity contribution in [2.45, 2.75) is 19.1 Å². The number of rotatable bonds is 6. The zero-order chi connectivity index (χ0) is 17.1. The summed E-state index contributed by atoms with van der Waals surface area (Å²) in [5.74, 6) is 0.765. The summed E-state index contributed by atoms with van der Waals surface area (Å²) in [6.07, 6.45) is 0.403. The quantitative estimate of drug-likeness (QED) is 0.883. The van der Waals surface area contributed by atoms with E-state index in [0.29, 0.717) is 6.42 Å². The summed E-state index contributed by atoms with van der Waals surface area (Å²) in [6.45, 7) is 2.36. The second kappa shape index (κ2) is 7.20. The number of hydrogen-bond acceptors (Lipinski definition) is 4. The zero-order valence-electron chi connectivity index (χ0n) is 14.2. The van der Waals surface area contributed by atoms with Crippen LogP contribution < -0.4 is 10.5 Å². The minimum absolute atomic E-state index is 0.0403. The Morgan fingerprint density at radius 2 is 2.00 bits per heavy atom. The number of ether oxygens (including phenoxy) is 2. The van der Waals surface area contributed by atoms with Gasteiger partial charge in [-0.3, -0.25) is 9.69 Å². The Kier molecular flexibility index (Phi) is 5.02. The number of fused-ring (bicyclic) bond motifs is 1. The Labute approximate surface area is 142 Å². The van der Waals surface area contributed by atoms with Crippen molar-refractivity contribution in [2.24, 2.45) is 11.7 Å². The molecule has 1 fully saturated rings. The lowest BCUT2D eigenvalue weighted by Gasteiger charge is -2.19. The highest BCUT2D eigenvalue weighted by molar-refractivity contribution is 5.87. The first-order chi connectivity index (χ1) is 11.6. The van der Waals surface area contributed by atoms with Crippen molar-refractivity contribution in [1.29, 1.82) is 0 Å². The molecule has 0 radical (unpaired) electrons. The van der Waals surface area contributed by atoms with Crippen LogP contribution in [0.15, 0.2) is 36.4 Å². The first-order valence-corrected chi connectivity index (χ1v) is 8.20. The van der Waals surface area contributed by atoms with Crippen LogP contribution in [0.2, 0.25) is 0 Å². The van der Waals surface area contributed by atoms with Gasteiger partial charge >= 0.3 is 0 Å². The molecule has 128 valence electrons. The molecule has 0 unspecified atom stereocenters. The van der Waals surface area contributed by atoms with Gasteiger partial charge in [-0.15, -0.1) is 0 Å². The van der Waals surface area contributed by atoms with Gasteiger partial charge in [-0.1, -0.05) is 30.3 Å². The predicted octanol–water partition coefficient (Wildman–Crippen LogP) is 2.17. The minimum Gasteiger partial charge on any atom is -0.496 e. The number of benzene rings is 2. The van der Waals surface area contributed by atoms with E-state index >= 15 is 0 Å². The third-order valence-corrected chi connectivity index (χ3v) is 4.82. The van der Waals surface area contributed by atoms with E-state index in [4.69, 9.17) is 15.2 Å². The van der Waals surface area contributed by atoms with Gasteiger partial charge in [-0.25, -0.2) is 0 Å². The Bertz CT molecular complexity index is 732. The normalized spacial score (nSPS) is 21.2. The number of methoxy groups -OCH3 is 2. The first-order valence-electron chi connectivity index (χ1n) is 8.20. The van der Waals surface area contributed by atoms with Gasteiger partial charge in [0.05, 0.1) is 13.2 Å². The van der Waals surface area contributed by atoms with E-state index < -0.39 is 0 Å². The molecule has 0 saturated carbocycles. The van der Waals surface area contributed by atoms with Crippen molar-refractivity contribution in [3.05, 3.63) is 42.0 Å². The van der Waals surface area contributed by atoms with Gasteiger partial charge in [-0.2, -0.15) is 0 Å². The van der Waals surface area contributed by atoms with E-state index in [9.17, 15) is 4.79 Å². The van der Waals surface area contributed by atoms with Crippen molar-refractivity contribution >= 4 is 16.7 Å². The Morgan fingerprint density at radius 3 is 2.71 bits per heavy atom. The number of carbonyl (C=O) groups excluding carboxylic acids is 1. The molecule has 1 saturated heterocycles. The lowest BCUT2D eigenvalue weighted by molar-refractivity contribution is -0.119. The van der Waals surface area contributed by atoms with Crippen molar-refractivity contribution in [2.75, 3.05) is 27.3 Å². The maximum absolute atomic E-state index is 11.3. The molecule has 2 aromatic carbocycles. The third-order valence-electron chi connectivity index (χ3n) is 4.82. The topological polar surface area (TPSA) is 64.8 Å². The lowest BCUT2D eigenvalue weighted by Crippen LogP contribution is -2.26. The Hall–Kier alpha value is -2.11. The van der Waals surface area contributed by atoms with Gasteiger partial charge in [0, 0.05) is 44.6 Å². The van der Waals surface area contributed by atoms with Gasteiger partial charge in [0.2, 0.25) is 5.91 Å². The zero-order valence-corrected chi connectivity index (χ0v) is 14.2. The molecule has 5 heteroatoms. The highest BCUT2D eigenvalue weighted by atomic mass is 16.5. The van der Waals surface area contributed by atoms with Gasteiger partial charge < -0.3 is 15.2 Å². The van der Waals surface area contributed by atoms with Crippen LogP contribution in [0.4, 0.5) is 0 Å². The molecule has 24 heavy (non-hydrogen) atoms. The molecule has 1 amide bonds. The number of likely N-dealkylation sites (tertiary alicyclic amines) is 1. The monoisotopic (exact) mass is 328 g/mol. The third kappa shape index (κ3) is 3.37. The van der Waals surface area contributed by atoms with Crippen molar-refractivity contribution < 1.29 is 14.3 Å². The minimum atomic E-state index is -0.272. The van der Waals surface area contributed by atoms with Crippen molar-refractivity contribution in [3.8, 4) is 5.75 Å². The molecule has 1 aliphatic heterocycles. The van der Waals surface area contributed by atoms with Crippen LogP contribution in [0.3, 0.4) is 0 Å². The van der Waals surface area contributed by atoms with Gasteiger partial charge in [0.15, 0.2) is 0 Å². The summed E-state index contributed by atoms with van der Waals surface area (Å²) in [5, 5.41) is 2.40. The summed E-state index contributed by atoms with van der Waals surface area (Å²) in [7, 11) is 3.39. The number of amides is 1. The molecule has 2 atom stereocenters. The second-order valence-corrected chi connectivity index (χ2v) is 6.37. The van der Waals surface area contributed by atoms with E-state index in [1.54, 1.807) is 14.2 Å². The molecule has 0 spiro atoms. The fourth-order valence-corrected chi connectivity index (χ4v) is 3.67. The van der Waals surface area contributed by atoms with Gasteiger partial charge in [0.1, 0.15) is 5.75 Å². The van der Waals surface area contributed by atoms with E-state index in [2.05, 4.69) is 23.1 Å². The molecule has 2 N–H and O–H groups in total. The number of primary amides is 1. The van der Waals surface area contributed by atoms with Crippen LogP contribution in [0.5, 0.6) is 5.75 Å². The van der Waals surface area contributed by atoms with E-state index in [0.717, 1.165) is 25.4 Å². The average Bonchev–Trinajstić information content (AvgIpc) is 2.96. The number of nitrogens with zero attached hydrogens (tertiary/aromatic N) is 1. The highest BCUT2D eigenvalue weighted by Gasteiger charge is 2.34. The molecule has 0 aromatic heterocycles. The number of nitrogens with two attached hydrogens (primary N) is 1. The lowest BCUT2D eigenvalue weighted by atomic mass is 10.0. The maximum Gasteiger partial charge on any atom is 0.217 e. The highest BCUT2D eigenvalue weighted by Crippen LogP contribution is 2.31. The van der Waals surface area contributed by atoms with Crippen LogP contribution >= 0.6 is 0 Å². The molecule has 5 nitrogen and oxygen atoms in total. The first kappa shape index (κ1) is 16.7. The maximum atomic E-state index is 11.3. The largest absolute Gasteiger partial charge is 0.496 e. The fourth-order valence-electron chi connectivity index (χ4n) is 3.67. The van der Waals surface area contributed by atoms with E-state index in [1.807, 2.05) is 18.2 Å². The summed E-state index contributed by atoms with van der Waals surface area (Å²) in [6, 6.07) is 12.4.